The highest BCUT2D eigenvalue weighted by atomic mass is 16.1. The fourth-order valence-corrected chi connectivity index (χ4v) is 2.16. The monoisotopic (exact) mass is 174 g/mol. The van der Waals surface area contributed by atoms with Crippen molar-refractivity contribution in [1.29, 1.82) is 0 Å². The fourth-order valence-electron chi connectivity index (χ4n) is 2.16. The Morgan fingerprint density at radius 1 is 1.23 bits per heavy atom. The summed E-state index contributed by atoms with van der Waals surface area (Å²) in [6.07, 6.45) is 1.80. The summed E-state index contributed by atoms with van der Waals surface area (Å²) in [5.74, 6) is 1.12. The van der Waals surface area contributed by atoms with Gasteiger partial charge >= 0.3 is 0 Å². The molecule has 13 heavy (non-hydrogen) atoms. The van der Waals surface area contributed by atoms with Gasteiger partial charge in [-0.05, 0) is 17.9 Å². The normalized spacial score (nSPS) is 27.9. The lowest BCUT2D eigenvalue weighted by Crippen LogP contribution is -2.08. The van der Waals surface area contributed by atoms with E-state index in [0.717, 1.165) is 12.8 Å². The second-order valence-electron chi connectivity index (χ2n) is 3.81. The van der Waals surface area contributed by atoms with E-state index in [1.54, 1.807) is 0 Å². The van der Waals surface area contributed by atoms with Crippen molar-refractivity contribution in [2.24, 2.45) is 5.92 Å². The van der Waals surface area contributed by atoms with Gasteiger partial charge in [0, 0.05) is 12.3 Å². The van der Waals surface area contributed by atoms with Crippen molar-refractivity contribution in [3.8, 4) is 0 Å². The van der Waals surface area contributed by atoms with Crippen LogP contribution in [0.4, 0.5) is 0 Å². The van der Waals surface area contributed by atoms with Gasteiger partial charge in [-0.25, -0.2) is 0 Å². The summed E-state index contributed by atoms with van der Waals surface area (Å²) in [5.41, 5.74) is 1.32. The molecule has 2 atom stereocenters. The van der Waals surface area contributed by atoms with E-state index in [-0.39, 0.29) is 5.92 Å². The summed E-state index contributed by atoms with van der Waals surface area (Å²) >= 11 is 0. The van der Waals surface area contributed by atoms with E-state index in [2.05, 4.69) is 12.1 Å². The Bertz CT molecular complexity index is 302. The van der Waals surface area contributed by atoms with Gasteiger partial charge in [0.15, 0.2) is 0 Å². The smallest absolute Gasteiger partial charge is 0.136 e. The van der Waals surface area contributed by atoms with Crippen LogP contribution in [0, 0.1) is 5.92 Å². The first-order valence-electron chi connectivity index (χ1n) is 4.86. The van der Waals surface area contributed by atoms with Crippen molar-refractivity contribution in [2.75, 3.05) is 0 Å². The van der Waals surface area contributed by atoms with Gasteiger partial charge in [0.1, 0.15) is 5.78 Å². The van der Waals surface area contributed by atoms with Gasteiger partial charge in [-0.1, -0.05) is 37.3 Å². The molecule has 0 N–H and O–H groups in total. The van der Waals surface area contributed by atoms with E-state index in [9.17, 15) is 4.79 Å². The summed E-state index contributed by atoms with van der Waals surface area (Å²) in [6.45, 7) is 2.05. The van der Waals surface area contributed by atoms with Gasteiger partial charge in [0.05, 0.1) is 0 Å². The Hall–Kier alpha value is -1.11. The number of rotatable bonds is 1. The zero-order chi connectivity index (χ0) is 9.26. The maximum atomic E-state index is 11.4. The molecule has 0 spiro atoms. The summed E-state index contributed by atoms with van der Waals surface area (Å²) in [7, 11) is 0. The van der Waals surface area contributed by atoms with Crippen molar-refractivity contribution in [3.05, 3.63) is 35.9 Å². The van der Waals surface area contributed by atoms with Crippen LogP contribution in [0.25, 0.3) is 0 Å². The highest BCUT2D eigenvalue weighted by molar-refractivity contribution is 5.84. The molecule has 0 heterocycles. The minimum absolute atomic E-state index is 0.224. The quantitative estimate of drug-likeness (QED) is 0.639. The topological polar surface area (TPSA) is 17.1 Å². The second kappa shape index (κ2) is 3.33. The molecule has 1 fully saturated rings. The van der Waals surface area contributed by atoms with E-state index < -0.39 is 0 Å². The molecule has 1 nitrogen and oxygen atoms in total. The lowest BCUT2D eigenvalue weighted by Gasteiger charge is -2.13. The van der Waals surface area contributed by atoms with Crippen molar-refractivity contribution in [3.63, 3.8) is 0 Å². The summed E-state index contributed by atoms with van der Waals surface area (Å²) < 4.78 is 0. The van der Waals surface area contributed by atoms with Crippen LogP contribution in [-0.4, -0.2) is 5.78 Å². The zero-order valence-electron chi connectivity index (χ0n) is 7.86. The third-order valence-corrected chi connectivity index (χ3v) is 3.04. The molecule has 1 aliphatic carbocycles. The first-order chi connectivity index (χ1) is 6.29. The molecule has 1 heteroatoms. The Morgan fingerprint density at radius 3 is 2.46 bits per heavy atom. The molecule has 0 bridgehead atoms. The van der Waals surface area contributed by atoms with E-state index >= 15 is 0 Å². The van der Waals surface area contributed by atoms with Crippen molar-refractivity contribution >= 4 is 5.78 Å². The van der Waals surface area contributed by atoms with Gasteiger partial charge in [-0.2, -0.15) is 0 Å². The zero-order valence-corrected chi connectivity index (χ0v) is 7.86. The maximum absolute atomic E-state index is 11.4. The Kier molecular flexibility index (Phi) is 2.17. The number of carbonyl (C=O) groups is 1. The Balaban J connectivity index is 2.24. The molecule has 0 radical (unpaired) electrons. The van der Waals surface area contributed by atoms with Gasteiger partial charge < -0.3 is 0 Å². The van der Waals surface area contributed by atoms with Crippen LogP contribution < -0.4 is 0 Å². The van der Waals surface area contributed by atoms with Crippen LogP contribution in [0.2, 0.25) is 0 Å². The van der Waals surface area contributed by atoms with Crippen LogP contribution in [0.15, 0.2) is 30.3 Å². The van der Waals surface area contributed by atoms with Crippen molar-refractivity contribution in [1.82, 2.24) is 0 Å². The lowest BCUT2D eigenvalue weighted by atomic mass is 9.90. The summed E-state index contributed by atoms with van der Waals surface area (Å²) in [5, 5.41) is 0. The van der Waals surface area contributed by atoms with Crippen LogP contribution in [-0.2, 0) is 4.79 Å². The number of hydrogen-bond acceptors (Lipinski definition) is 1. The minimum Gasteiger partial charge on any atom is -0.299 e. The SMILES string of the molecule is C[C@@H]1C(=O)CC[C@H]1c1ccccc1. The molecule has 1 aromatic rings. The Labute approximate surface area is 78.8 Å². The lowest BCUT2D eigenvalue weighted by molar-refractivity contribution is -0.120. The van der Waals surface area contributed by atoms with Crippen LogP contribution in [0.3, 0.4) is 0 Å². The van der Waals surface area contributed by atoms with E-state index in [0.29, 0.717) is 11.7 Å². The fraction of sp³-hybridized carbons (Fsp3) is 0.417. The standard InChI is InChI=1S/C12H14O/c1-9-11(7-8-12(9)13)10-5-3-2-4-6-10/h2-6,9,11H,7-8H2,1H3/t9-,11+/m0/s1. The molecule has 0 saturated heterocycles. The molecular formula is C12H14O. The molecule has 0 aliphatic heterocycles. The average Bonchev–Trinajstić information content (AvgIpc) is 2.49. The summed E-state index contributed by atoms with van der Waals surface area (Å²) in [4.78, 5) is 11.4. The average molecular weight is 174 g/mol. The number of carbonyl (C=O) groups excluding carboxylic acids is 1. The predicted octanol–water partition coefficient (Wildman–Crippen LogP) is 2.77. The van der Waals surface area contributed by atoms with Gasteiger partial charge in [-0.15, -0.1) is 0 Å². The minimum atomic E-state index is 0.224. The molecule has 1 saturated carbocycles. The highest BCUT2D eigenvalue weighted by Crippen LogP contribution is 2.36. The van der Waals surface area contributed by atoms with E-state index in [4.69, 9.17) is 0 Å². The molecule has 1 aliphatic rings. The molecule has 0 unspecified atom stereocenters. The first kappa shape index (κ1) is 8.49. The first-order valence-corrected chi connectivity index (χ1v) is 4.86. The number of ketones is 1. The number of hydrogen-bond donors (Lipinski definition) is 0. The summed E-state index contributed by atoms with van der Waals surface area (Å²) in [6, 6.07) is 10.4. The van der Waals surface area contributed by atoms with Crippen LogP contribution in [0.1, 0.15) is 31.2 Å². The molecule has 0 aromatic heterocycles. The van der Waals surface area contributed by atoms with Crippen LogP contribution >= 0.6 is 0 Å². The van der Waals surface area contributed by atoms with E-state index in [1.807, 2.05) is 25.1 Å². The predicted molar refractivity (Wildman–Crippen MR) is 52.6 cm³/mol. The van der Waals surface area contributed by atoms with Crippen molar-refractivity contribution in [2.45, 2.75) is 25.7 Å². The molecule has 2 rings (SSSR count). The molecule has 0 amide bonds. The van der Waals surface area contributed by atoms with Crippen LogP contribution in [0.5, 0.6) is 0 Å². The molecular weight excluding hydrogens is 160 g/mol. The largest absolute Gasteiger partial charge is 0.299 e. The second-order valence-corrected chi connectivity index (χ2v) is 3.81. The third-order valence-electron chi connectivity index (χ3n) is 3.04. The Morgan fingerprint density at radius 2 is 1.92 bits per heavy atom. The number of benzene rings is 1. The van der Waals surface area contributed by atoms with Gasteiger partial charge in [-0.3, -0.25) is 4.79 Å². The van der Waals surface area contributed by atoms with Gasteiger partial charge in [0.25, 0.3) is 0 Å². The van der Waals surface area contributed by atoms with Gasteiger partial charge in [0.2, 0.25) is 0 Å². The number of Topliss-reactive ketones (excluding diaryl/α,β-unsaturated/α-hetero) is 1. The van der Waals surface area contributed by atoms with Crippen molar-refractivity contribution < 1.29 is 4.79 Å². The molecule has 1 aromatic carbocycles. The van der Waals surface area contributed by atoms with E-state index in [1.165, 1.54) is 5.56 Å². The third kappa shape index (κ3) is 1.51. The maximum Gasteiger partial charge on any atom is 0.136 e. The molecule has 68 valence electrons. The highest BCUT2D eigenvalue weighted by Gasteiger charge is 2.31.